The number of nitrogens with zero attached hydrogens (tertiary/aromatic N) is 1. The summed E-state index contributed by atoms with van der Waals surface area (Å²) in [7, 11) is 0. The maximum absolute atomic E-state index is 12.4. The average Bonchev–Trinajstić information content (AvgIpc) is 3.08. The SMILES string of the molecule is O=C(CSc1cn(Cc2ccc(Cl)cc2)c2ccccc12)Nc1ccc(Br)cc1. The number of rotatable bonds is 6. The fourth-order valence-corrected chi connectivity index (χ4v) is 4.40. The molecule has 3 nitrogen and oxygen atoms in total. The molecule has 1 heterocycles. The van der Waals surface area contributed by atoms with E-state index in [0.29, 0.717) is 5.75 Å². The van der Waals surface area contributed by atoms with Crippen molar-refractivity contribution < 1.29 is 4.79 Å². The van der Waals surface area contributed by atoms with Crippen LogP contribution in [-0.2, 0) is 11.3 Å². The zero-order chi connectivity index (χ0) is 20.2. The van der Waals surface area contributed by atoms with Gasteiger partial charge in [0.25, 0.3) is 0 Å². The maximum atomic E-state index is 12.4. The van der Waals surface area contributed by atoms with Crippen molar-refractivity contribution in [2.24, 2.45) is 0 Å². The number of para-hydroxylation sites is 1. The zero-order valence-electron chi connectivity index (χ0n) is 15.4. The standard InChI is InChI=1S/C23H18BrClN2OS/c24-17-7-11-19(12-8-17)26-23(28)15-29-22-14-27(21-4-2-1-3-20(21)22)13-16-5-9-18(25)10-6-16/h1-12,14H,13,15H2,(H,26,28). The molecule has 146 valence electrons. The number of nitrogens with one attached hydrogen (secondary N) is 1. The number of thioether (sulfide) groups is 1. The highest BCUT2D eigenvalue weighted by molar-refractivity contribution is 9.10. The van der Waals surface area contributed by atoms with Crippen LogP contribution in [0.4, 0.5) is 5.69 Å². The summed E-state index contributed by atoms with van der Waals surface area (Å²) in [5.74, 6) is 0.331. The van der Waals surface area contributed by atoms with E-state index in [1.165, 1.54) is 5.56 Å². The molecule has 0 aliphatic carbocycles. The maximum Gasteiger partial charge on any atom is 0.234 e. The molecule has 0 saturated carbocycles. The van der Waals surface area contributed by atoms with Crippen molar-refractivity contribution in [1.29, 1.82) is 0 Å². The largest absolute Gasteiger partial charge is 0.342 e. The molecule has 0 unspecified atom stereocenters. The van der Waals surface area contributed by atoms with Gasteiger partial charge in [0, 0.05) is 43.7 Å². The molecule has 0 saturated heterocycles. The molecule has 0 aliphatic rings. The Bertz CT molecular complexity index is 1140. The number of aromatic nitrogens is 1. The Hall–Kier alpha value is -2.21. The first-order valence-electron chi connectivity index (χ1n) is 9.09. The third-order valence-corrected chi connectivity index (χ3v) is 6.33. The fraction of sp³-hybridized carbons (Fsp3) is 0.0870. The number of carbonyl (C=O) groups is 1. The molecule has 0 atom stereocenters. The molecule has 0 bridgehead atoms. The van der Waals surface area contributed by atoms with Gasteiger partial charge in [0.05, 0.1) is 5.75 Å². The number of halogens is 2. The van der Waals surface area contributed by atoms with Crippen LogP contribution in [0.2, 0.25) is 5.02 Å². The van der Waals surface area contributed by atoms with E-state index in [2.05, 4.69) is 44.1 Å². The summed E-state index contributed by atoms with van der Waals surface area (Å²) in [5.41, 5.74) is 3.13. The van der Waals surface area contributed by atoms with Gasteiger partial charge in [0.1, 0.15) is 0 Å². The lowest BCUT2D eigenvalue weighted by molar-refractivity contribution is -0.113. The molecule has 1 aromatic heterocycles. The summed E-state index contributed by atoms with van der Waals surface area (Å²) in [5, 5.41) is 4.83. The van der Waals surface area contributed by atoms with E-state index in [9.17, 15) is 4.79 Å². The molecule has 6 heteroatoms. The van der Waals surface area contributed by atoms with Gasteiger partial charge in [-0.25, -0.2) is 0 Å². The Morgan fingerprint density at radius 2 is 1.72 bits per heavy atom. The number of benzene rings is 3. The van der Waals surface area contributed by atoms with E-state index in [1.54, 1.807) is 11.8 Å². The Kier molecular flexibility index (Phi) is 6.28. The highest BCUT2D eigenvalue weighted by atomic mass is 79.9. The van der Waals surface area contributed by atoms with Gasteiger partial charge in [-0.1, -0.05) is 57.9 Å². The average molecular weight is 486 g/mol. The summed E-state index contributed by atoms with van der Waals surface area (Å²) in [4.78, 5) is 13.5. The van der Waals surface area contributed by atoms with Crippen LogP contribution in [0.1, 0.15) is 5.56 Å². The van der Waals surface area contributed by atoms with Crippen molar-refractivity contribution in [1.82, 2.24) is 4.57 Å². The van der Waals surface area contributed by atoms with E-state index >= 15 is 0 Å². The number of anilines is 1. The second kappa shape index (κ2) is 9.08. The van der Waals surface area contributed by atoms with Crippen LogP contribution in [0.15, 0.2) is 88.4 Å². The molecule has 0 radical (unpaired) electrons. The lowest BCUT2D eigenvalue weighted by Crippen LogP contribution is -2.13. The van der Waals surface area contributed by atoms with Crippen molar-refractivity contribution in [3.8, 4) is 0 Å². The third-order valence-electron chi connectivity index (χ3n) is 4.50. The molecular weight excluding hydrogens is 468 g/mol. The molecule has 29 heavy (non-hydrogen) atoms. The first-order chi connectivity index (χ1) is 14.1. The van der Waals surface area contributed by atoms with E-state index in [4.69, 9.17) is 11.6 Å². The Morgan fingerprint density at radius 1 is 1.00 bits per heavy atom. The van der Waals surface area contributed by atoms with Gasteiger partial charge < -0.3 is 9.88 Å². The van der Waals surface area contributed by atoms with Crippen LogP contribution in [0.3, 0.4) is 0 Å². The molecular formula is C23H18BrClN2OS. The zero-order valence-corrected chi connectivity index (χ0v) is 18.6. The molecule has 4 rings (SSSR count). The van der Waals surface area contributed by atoms with E-state index < -0.39 is 0 Å². The van der Waals surface area contributed by atoms with Crippen LogP contribution in [0, 0.1) is 0 Å². The second-order valence-corrected chi connectivity index (χ2v) is 8.98. The minimum atomic E-state index is -0.0214. The molecule has 0 aliphatic heterocycles. The fourth-order valence-electron chi connectivity index (χ4n) is 3.12. The molecule has 0 fully saturated rings. The minimum Gasteiger partial charge on any atom is -0.342 e. The predicted molar refractivity (Wildman–Crippen MR) is 126 cm³/mol. The summed E-state index contributed by atoms with van der Waals surface area (Å²) in [6.07, 6.45) is 2.12. The van der Waals surface area contributed by atoms with Crippen molar-refractivity contribution in [2.45, 2.75) is 11.4 Å². The number of hydrogen-bond acceptors (Lipinski definition) is 2. The quantitative estimate of drug-likeness (QED) is 0.303. The lowest BCUT2D eigenvalue weighted by atomic mass is 10.2. The van der Waals surface area contributed by atoms with Gasteiger partial charge in [-0.05, 0) is 48.0 Å². The Morgan fingerprint density at radius 3 is 2.48 bits per heavy atom. The van der Waals surface area contributed by atoms with Crippen molar-refractivity contribution in [3.05, 3.63) is 94.1 Å². The number of amides is 1. The molecule has 1 amide bonds. The highest BCUT2D eigenvalue weighted by Crippen LogP contribution is 2.31. The predicted octanol–water partition coefficient (Wildman–Crippen LogP) is 6.84. The minimum absolute atomic E-state index is 0.0214. The lowest BCUT2D eigenvalue weighted by Gasteiger charge is -2.05. The summed E-state index contributed by atoms with van der Waals surface area (Å²) in [6, 6.07) is 23.7. The summed E-state index contributed by atoms with van der Waals surface area (Å²) in [6.45, 7) is 0.753. The third kappa shape index (κ3) is 5.04. The van der Waals surface area contributed by atoms with Gasteiger partial charge in [-0.15, -0.1) is 11.8 Å². The van der Waals surface area contributed by atoms with Gasteiger partial charge in [0.2, 0.25) is 5.91 Å². The highest BCUT2D eigenvalue weighted by Gasteiger charge is 2.11. The Labute approximate surface area is 187 Å². The van der Waals surface area contributed by atoms with E-state index in [0.717, 1.165) is 37.5 Å². The van der Waals surface area contributed by atoms with Crippen LogP contribution in [0.25, 0.3) is 10.9 Å². The number of hydrogen-bond donors (Lipinski definition) is 1. The van der Waals surface area contributed by atoms with Gasteiger partial charge >= 0.3 is 0 Å². The van der Waals surface area contributed by atoms with Gasteiger partial charge in [-0.3, -0.25) is 4.79 Å². The smallest absolute Gasteiger partial charge is 0.234 e. The van der Waals surface area contributed by atoms with Crippen molar-refractivity contribution in [3.63, 3.8) is 0 Å². The van der Waals surface area contributed by atoms with Crippen LogP contribution < -0.4 is 5.32 Å². The monoisotopic (exact) mass is 484 g/mol. The first kappa shape index (κ1) is 20.1. The topological polar surface area (TPSA) is 34.0 Å². The number of carbonyl (C=O) groups excluding carboxylic acids is 1. The normalized spacial score (nSPS) is 11.0. The first-order valence-corrected chi connectivity index (χ1v) is 11.2. The van der Waals surface area contributed by atoms with Gasteiger partial charge in [0.15, 0.2) is 0 Å². The summed E-state index contributed by atoms with van der Waals surface area (Å²) >= 11 is 11.0. The summed E-state index contributed by atoms with van der Waals surface area (Å²) < 4.78 is 3.20. The van der Waals surface area contributed by atoms with Crippen molar-refractivity contribution in [2.75, 3.05) is 11.1 Å². The molecule has 3 aromatic carbocycles. The van der Waals surface area contributed by atoms with Crippen LogP contribution in [-0.4, -0.2) is 16.2 Å². The second-order valence-electron chi connectivity index (χ2n) is 6.61. The van der Waals surface area contributed by atoms with Gasteiger partial charge in [-0.2, -0.15) is 0 Å². The van der Waals surface area contributed by atoms with Crippen molar-refractivity contribution >= 4 is 61.8 Å². The van der Waals surface area contributed by atoms with E-state index in [-0.39, 0.29) is 5.91 Å². The molecule has 1 N–H and O–H groups in total. The van der Waals surface area contributed by atoms with Crippen LogP contribution >= 0.6 is 39.3 Å². The van der Waals surface area contributed by atoms with E-state index in [1.807, 2.05) is 60.7 Å². The molecule has 4 aromatic rings. The van der Waals surface area contributed by atoms with Crippen LogP contribution in [0.5, 0.6) is 0 Å². The molecule has 0 spiro atoms. The Balaban J connectivity index is 1.49. The number of fused-ring (bicyclic) bond motifs is 1.